The minimum Gasteiger partial charge on any atom is -0.299 e. The first-order valence-corrected chi connectivity index (χ1v) is 4.75. The lowest BCUT2D eigenvalue weighted by Gasteiger charge is -2.19. The van der Waals surface area contributed by atoms with Gasteiger partial charge >= 0.3 is 0 Å². The van der Waals surface area contributed by atoms with E-state index in [9.17, 15) is 4.79 Å². The Balaban J connectivity index is 3.70. The van der Waals surface area contributed by atoms with Gasteiger partial charge in [0.25, 0.3) is 0 Å². The Hall–Kier alpha value is -0.590. The van der Waals surface area contributed by atoms with Crippen LogP contribution >= 0.6 is 0 Å². The van der Waals surface area contributed by atoms with Gasteiger partial charge in [-0.1, -0.05) is 46.1 Å². The molecule has 0 spiro atoms. The molecule has 0 rings (SSSR count). The average Bonchev–Trinajstić information content (AvgIpc) is 2.01. The van der Waals surface area contributed by atoms with Crippen LogP contribution in [0.1, 0.15) is 46.5 Å². The van der Waals surface area contributed by atoms with E-state index in [1.807, 2.05) is 6.08 Å². The number of hydrogen-bond acceptors (Lipinski definition) is 1. The van der Waals surface area contributed by atoms with Gasteiger partial charge in [-0.25, -0.2) is 0 Å². The van der Waals surface area contributed by atoms with Crippen molar-refractivity contribution in [1.82, 2.24) is 0 Å². The van der Waals surface area contributed by atoms with E-state index in [-0.39, 0.29) is 5.41 Å². The fourth-order valence-electron chi connectivity index (χ4n) is 1.21. The summed E-state index contributed by atoms with van der Waals surface area (Å²) in [5.74, 6) is 0. The second-order valence-corrected chi connectivity index (χ2v) is 3.94. The molecule has 0 aliphatic carbocycles. The fourth-order valence-corrected chi connectivity index (χ4v) is 1.21. The molecule has 1 nitrogen and oxygen atoms in total. The van der Waals surface area contributed by atoms with Gasteiger partial charge in [0.1, 0.15) is 6.29 Å². The van der Waals surface area contributed by atoms with E-state index in [2.05, 4.69) is 20.8 Å². The highest BCUT2D eigenvalue weighted by Gasteiger charge is 2.11. The van der Waals surface area contributed by atoms with Gasteiger partial charge in [-0.15, -0.1) is 0 Å². The van der Waals surface area contributed by atoms with E-state index in [1.165, 1.54) is 25.7 Å². The third-order valence-corrected chi connectivity index (χ3v) is 2.05. The van der Waals surface area contributed by atoms with Crippen molar-refractivity contribution in [2.75, 3.05) is 0 Å². The van der Waals surface area contributed by atoms with Crippen LogP contribution in [0.5, 0.6) is 0 Å². The van der Waals surface area contributed by atoms with Crippen LogP contribution in [-0.4, -0.2) is 6.29 Å². The molecule has 0 aromatic rings. The molecule has 0 bridgehead atoms. The molecule has 12 heavy (non-hydrogen) atoms. The number of hydrogen-bond donors (Lipinski definition) is 0. The van der Waals surface area contributed by atoms with Gasteiger partial charge in [0, 0.05) is 0 Å². The highest BCUT2D eigenvalue weighted by atomic mass is 16.1. The summed E-state index contributed by atoms with van der Waals surface area (Å²) in [6.07, 6.45) is 9.42. The molecule has 0 atom stereocenters. The lowest BCUT2D eigenvalue weighted by Crippen LogP contribution is -2.06. The summed E-state index contributed by atoms with van der Waals surface area (Å²) in [5, 5.41) is 0. The van der Waals surface area contributed by atoms with Crippen molar-refractivity contribution in [3.8, 4) is 0 Å². The standard InChI is InChI=1S/C11H20O/c1-4-5-6-8-11(2,3)9-7-10-12/h7,9-10H,4-6,8H2,1-3H3/b9-7+. The zero-order valence-corrected chi connectivity index (χ0v) is 8.47. The maximum absolute atomic E-state index is 10.1. The van der Waals surface area contributed by atoms with Crippen molar-refractivity contribution in [2.45, 2.75) is 46.5 Å². The van der Waals surface area contributed by atoms with Crippen molar-refractivity contribution < 1.29 is 4.79 Å². The summed E-state index contributed by atoms with van der Waals surface area (Å²) in [5.41, 5.74) is 0.191. The Morgan fingerprint density at radius 3 is 2.42 bits per heavy atom. The van der Waals surface area contributed by atoms with E-state index in [0.717, 1.165) is 6.29 Å². The second-order valence-electron chi connectivity index (χ2n) is 3.94. The largest absolute Gasteiger partial charge is 0.299 e. The Kier molecular flexibility index (Phi) is 5.69. The minimum atomic E-state index is 0.191. The molecule has 0 aliphatic rings. The van der Waals surface area contributed by atoms with Gasteiger partial charge in [-0.2, -0.15) is 0 Å². The van der Waals surface area contributed by atoms with Crippen molar-refractivity contribution >= 4 is 6.29 Å². The van der Waals surface area contributed by atoms with Crippen molar-refractivity contribution in [1.29, 1.82) is 0 Å². The second kappa shape index (κ2) is 5.99. The fraction of sp³-hybridized carbons (Fsp3) is 0.727. The summed E-state index contributed by atoms with van der Waals surface area (Å²) in [6, 6.07) is 0. The summed E-state index contributed by atoms with van der Waals surface area (Å²) < 4.78 is 0. The summed E-state index contributed by atoms with van der Waals surface area (Å²) in [7, 11) is 0. The molecular weight excluding hydrogens is 148 g/mol. The number of aldehydes is 1. The molecule has 0 unspecified atom stereocenters. The highest BCUT2D eigenvalue weighted by molar-refractivity contribution is 5.64. The monoisotopic (exact) mass is 168 g/mol. The molecule has 0 amide bonds. The van der Waals surface area contributed by atoms with Crippen LogP contribution in [0.2, 0.25) is 0 Å². The summed E-state index contributed by atoms with van der Waals surface area (Å²) in [4.78, 5) is 10.1. The van der Waals surface area contributed by atoms with E-state index in [4.69, 9.17) is 0 Å². The molecule has 0 aromatic heterocycles. The van der Waals surface area contributed by atoms with E-state index in [0.29, 0.717) is 0 Å². The molecule has 0 aliphatic heterocycles. The molecular formula is C11H20O. The molecule has 70 valence electrons. The third-order valence-electron chi connectivity index (χ3n) is 2.05. The van der Waals surface area contributed by atoms with Gasteiger partial charge in [0.2, 0.25) is 0 Å². The zero-order chi connectivity index (χ0) is 9.45. The maximum atomic E-state index is 10.1. The van der Waals surface area contributed by atoms with Crippen LogP contribution in [0, 0.1) is 5.41 Å². The zero-order valence-electron chi connectivity index (χ0n) is 8.47. The van der Waals surface area contributed by atoms with Crippen LogP contribution in [0.4, 0.5) is 0 Å². The lowest BCUT2D eigenvalue weighted by atomic mass is 9.86. The first kappa shape index (κ1) is 11.4. The molecule has 1 heteroatoms. The van der Waals surface area contributed by atoms with Crippen LogP contribution in [0.25, 0.3) is 0 Å². The van der Waals surface area contributed by atoms with Crippen LogP contribution in [-0.2, 0) is 4.79 Å². The first-order chi connectivity index (χ1) is 5.62. The Labute approximate surface area is 75.9 Å². The van der Waals surface area contributed by atoms with Gasteiger partial charge in [-0.05, 0) is 17.9 Å². The molecule has 0 N–H and O–H groups in total. The van der Waals surface area contributed by atoms with Crippen molar-refractivity contribution in [3.63, 3.8) is 0 Å². The topological polar surface area (TPSA) is 17.1 Å². The third kappa shape index (κ3) is 6.14. The van der Waals surface area contributed by atoms with Crippen LogP contribution < -0.4 is 0 Å². The molecule has 0 radical (unpaired) electrons. The number of carbonyl (C=O) groups excluding carboxylic acids is 1. The van der Waals surface area contributed by atoms with Gasteiger partial charge < -0.3 is 0 Å². The molecule has 0 saturated carbocycles. The van der Waals surface area contributed by atoms with Crippen LogP contribution in [0.3, 0.4) is 0 Å². The Morgan fingerprint density at radius 1 is 1.25 bits per heavy atom. The first-order valence-electron chi connectivity index (χ1n) is 4.75. The maximum Gasteiger partial charge on any atom is 0.142 e. The lowest BCUT2D eigenvalue weighted by molar-refractivity contribution is -0.104. The predicted molar refractivity (Wildman–Crippen MR) is 53.1 cm³/mol. The average molecular weight is 168 g/mol. The molecule has 0 saturated heterocycles. The van der Waals surface area contributed by atoms with Crippen molar-refractivity contribution in [3.05, 3.63) is 12.2 Å². The van der Waals surface area contributed by atoms with E-state index < -0.39 is 0 Å². The molecule has 0 heterocycles. The summed E-state index contributed by atoms with van der Waals surface area (Å²) in [6.45, 7) is 6.54. The van der Waals surface area contributed by atoms with E-state index in [1.54, 1.807) is 6.08 Å². The van der Waals surface area contributed by atoms with E-state index >= 15 is 0 Å². The number of rotatable bonds is 6. The Bertz CT molecular complexity index is 145. The predicted octanol–water partition coefficient (Wildman–Crippen LogP) is 3.35. The van der Waals surface area contributed by atoms with Gasteiger partial charge in [0.15, 0.2) is 0 Å². The van der Waals surface area contributed by atoms with Gasteiger partial charge in [-0.3, -0.25) is 4.79 Å². The normalized spacial score (nSPS) is 12.2. The molecule has 0 aromatic carbocycles. The van der Waals surface area contributed by atoms with Gasteiger partial charge in [0.05, 0.1) is 0 Å². The minimum absolute atomic E-state index is 0.191. The summed E-state index contributed by atoms with van der Waals surface area (Å²) >= 11 is 0. The van der Waals surface area contributed by atoms with Crippen molar-refractivity contribution in [2.24, 2.45) is 5.41 Å². The SMILES string of the molecule is CCCCCC(C)(C)/C=C/C=O. The number of unbranched alkanes of at least 4 members (excludes halogenated alkanes) is 2. The Morgan fingerprint density at radius 2 is 1.92 bits per heavy atom. The highest BCUT2D eigenvalue weighted by Crippen LogP contribution is 2.24. The smallest absolute Gasteiger partial charge is 0.142 e. The van der Waals surface area contributed by atoms with Crippen LogP contribution in [0.15, 0.2) is 12.2 Å². The number of allylic oxidation sites excluding steroid dienone is 2. The number of carbonyl (C=O) groups is 1. The quantitative estimate of drug-likeness (QED) is 0.338. The molecule has 0 fully saturated rings.